The lowest BCUT2D eigenvalue weighted by Crippen LogP contribution is -2.45. The Hall–Kier alpha value is -1.90. The van der Waals surface area contributed by atoms with Crippen molar-refractivity contribution in [1.82, 2.24) is 18.8 Å². The molecule has 3 heterocycles. The number of likely N-dealkylation sites (tertiary alicyclic amines) is 1. The number of piperidine rings is 1. The molecule has 28 heavy (non-hydrogen) atoms. The van der Waals surface area contributed by atoms with Crippen LogP contribution in [0.25, 0.3) is 0 Å². The predicted octanol–water partition coefficient (Wildman–Crippen LogP) is 2.11. The summed E-state index contributed by atoms with van der Waals surface area (Å²) in [4.78, 5) is 6.52. The van der Waals surface area contributed by atoms with Crippen LogP contribution in [0.3, 0.4) is 0 Å². The van der Waals surface area contributed by atoms with E-state index in [0.717, 1.165) is 44.6 Å². The first-order valence-electron chi connectivity index (χ1n) is 9.74. The van der Waals surface area contributed by atoms with Crippen molar-refractivity contribution in [1.29, 1.82) is 0 Å². The number of hydrogen-bond acceptors (Lipinski definition) is 5. The molecule has 0 saturated carbocycles. The number of rotatable bonds is 5. The minimum Gasteiger partial charge on any atom is -0.497 e. The van der Waals surface area contributed by atoms with Crippen LogP contribution in [-0.4, -0.2) is 60.5 Å². The zero-order valence-corrected chi connectivity index (χ0v) is 17.4. The highest BCUT2D eigenvalue weighted by Gasteiger charge is 2.45. The average Bonchev–Trinajstić information content (AvgIpc) is 3.29. The van der Waals surface area contributed by atoms with Crippen LogP contribution in [0.2, 0.25) is 0 Å². The van der Waals surface area contributed by atoms with Gasteiger partial charge < -0.3 is 9.30 Å². The van der Waals surface area contributed by atoms with E-state index in [2.05, 4.69) is 22.0 Å². The van der Waals surface area contributed by atoms with Crippen LogP contribution in [0, 0.1) is 5.41 Å². The molecular formula is C20H28N4O3S. The number of aryl methyl sites for hydroxylation is 1. The molecule has 0 radical (unpaired) electrons. The van der Waals surface area contributed by atoms with E-state index in [9.17, 15) is 8.42 Å². The van der Waals surface area contributed by atoms with E-state index in [4.69, 9.17) is 4.74 Å². The smallest absolute Gasteiger partial charge is 0.262 e. The number of aromatic nitrogens is 2. The largest absolute Gasteiger partial charge is 0.497 e. The number of sulfonamides is 1. The Bertz CT molecular complexity index is 942. The molecule has 7 nitrogen and oxygen atoms in total. The van der Waals surface area contributed by atoms with Gasteiger partial charge in [-0.3, -0.25) is 4.90 Å². The van der Waals surface area contributed by atoms with Gasteiger partial charge in [-0.1, -0.05) is 12.1 Å². The molecule has 2 fully saturated rings. The standard InChI is InChI=1S/C20H28N4O3S/c1-22-13-19(21-16-22)28(25,26)24-10-8-20(15-24)7-4-9-23(14-20)12-17-5-3-6-18(11-17)27-2/h3,5-6,11,13,16H,4,7-10,12,14-15H2,1-2H3/t20-/m0/s1. The average molecular weight is 405 g/mol. The molecular weight excluding hydrogens is 376 g/mol. The lowest BCUT2D eigenvalue weighted by Gasteiger charge is -2.40. The quantitative estimate of drug-likeness (QED) is 0.764. The Kier molecular flexibility index (Phi) is 5.20. The molecule has 1 spiro atoms. The zero-order chi connectivity index (χ0) is 19.8. The van der Waals surface area contributed by atoms with Crippen molar-refractivity contribution in [2.75, 3.05) is 33.3 Å². The van der Waals surface area contributed by atoms with Crippen molar-refractivity contribution in [2.24, 2.45) is 12.5 Å². The van der Waals surface area contributed by atoms with Crippen molar-refractivity contribution >= 4 is 10.0 Å². The van der Waals surface area contributed by atoms with Crippen LogP contribution in [0.1, 0.15) is 24.8 Å². The predicted molar refractivity (Wildman–Crippen MR) is 107 cm³/mol. The Balaban J connectivity index is 1.45. The Morgan fingerprint density at radius 2 is 2.07 bits per heavy atom. The Morgan fingerprint density at radius 1 is 1.21 bits per heavy atom. The molecule has 152 valence electrons. The summed E-state index contributed by atoms with van der Waals surface area (Å²) in [6, 6.07) is 8.17. The molecule has 1 aromatic heterocycles. The zero-order valence-electron chi connectivity index (χ0n) is 16.5. The summed E-state index contributed by atoms with van der Waals surface area (Å²) in [5.41, 5.74) is 1.27. The fraction of sp³-hybridized carbons (Fsp3) is 0.550. The number of nitrogens with zero attached hydrogens (tertiary/aromatic N) is 4. The maximum atomic E-state index is 12.9. The van der Waals surface area contributed by atoms with Gasteiger partial charge in [0.05, 0.1) is 13.4 Å². The summed E-state index contributed by atoms with van der Waals surface area (Å²) >= 11 is 0. The van der Waals surface area contributed by atoms with E-state index >= 15 is 0 Å². The SMILES string of the molecule is COc1cccc(CN2CCC[C@]3(CCN(S(=O)(=O)c4cn(C)cn4)C3)C2)c1. The maximum absolute atomic E-state index is 12.9. The van der Waals surface area contributed by atoms with Gasteiger partial charge in [-0.15, -0.1) is 0 Å². The highest BCUT2D eigenvalue weighted by molar-refractivity contribution is 7.89. The Morgan fingerprint density at radius 3 is 2.82 bits per heavy atom. The lowest BCUT2D eigenvalue weighted by molar-refractivity contribution is 0.0934. The van der Waals surface area contributed by atoms with Crippen LogP contribution in [0.4, 0.5) is 0 Å². The van der Waals surface area contributed by atoms with E-state index in [1.54, 1.807) is 29.2 Å². The van der Waals surface area contributed by atoms with Gasteiger partial charge in [-0.05, 0) is 48.9 Å². The lowest BCUT2D eigenvalue weighted by atomic mass is 9.79. The van der Waals surface area contributed by atoms with Crippen LogP contribution < -0.4 is 4.74 Å². The van der Waals surface area contributed by atoms with Gasteiger partial charge in [0.1, 0.15) is 5.75 Å². The third-order valence-electron chi connectivity index (χ3n) is 5.97. The summed E-state index contributed by atoms with van der Waals surface area (Å²) < 4.78 is 34.5. The van der Waals surface area contributed by atoms with Gasteiger partial charge in [0.25, 0.3) is 10.0 Å². The summed E-state index contributed by atoms with van der Waals surface area (Å²) in [6.45, 7) is 4.00. The van der Waals surface area contributed by atoms with Gasteiger partial charge in [-0.25, -0.2) is 13.4 Å². The van der Waals surface area contributed by atoms with Crippen molar-refractivity contribution in [3.8, 4) is 5.75 Å². The molecule has 2 aliphatic heterocycles. The topological polar surface area (TPSA) is 67.7 Å². The number of hydrogen-bond donors (Lipinski definition) is 0. The minimum atomic E-state index is -3.51. The fourth-order valence-corrected chi connectivity index (χ4v) is 6.08. The van der Waals surface area contributed by atoms with Crippen LogP contribution in [0.5, 0.6) is 5.75 Å². The molecule has 0 unspecified atom stereocenters. The third kappa shape index (κ3) is 3.81. The Labute approximate surface area is 167 Å². The second kappa shape index (κ2) is 7.50. The van der Waals surface area contributed by atoms with E-state index in [0.29, 0.717) is 13.1 Å². The normalized spacial score (nSPS) is 24.1. The van der Waals surface area contributed by atoms with Crippen molar-refractivity contribution < 1.29 is 13.2 Å². The van der Waals surface area contributed by atoms with Crippen molar-refractivity contribution in [3.05, 3.63) is 42.4 Å². The van der Waals surface area contributed by atoms with Crippen molar-refractivity contribution in [3.63, 3.8) is 0 Å². The minimum absolute atomic E-state index is 0.0406. The number of ether oxygens (including phenoxy) is 1. The van der Waals surface area contributed by atoms with Gasteiger partial charge in [0, 0.05) is 39.4 Å². The molecule has 2 aromatic rings. The van der Waals surface area contributed by atoms with Gasteiger partial charge in [0.15, 0.2) is 5.03 Å². The highest BCUT2D eigenvalue weighted by atomic mass is 32.2. The fourth-order valence-electron chi connectivity index (χ4n) is 4.56. The number of imidazole rings is 1. The molecule has 1 atom stereocenters. The van der Waals surface area contributed by atoms with E-state index in [1.807, 2.05) is 12.1 Å². The highest BCUT2D eigenvalue weighted by Crippen LogP contribution is 2.41. The summed E-state index contributed by atoms with van der Waals surface area (Å²) in [5, 5.41) is 0.149. The first-order valence-corrected chi connectivity index (χ1v) is 11.2. The van der Waals surface area contributed by atoms with Crippen LogP contribution in [-0.2, 0) is 23.6 Å². The van der Waals surface area contributed by atoms with Gasteiger partial charge >= 0.3 is 0 Å². The molecule has 8 heteroatoms. The number of benzene rings is 1. The second-order valence-electron chi connectivity index (χ2n) is 8.13. The van der Waals surface area contributed by atoms with E-state index in [1.165, 1.54) is 11.9 Å². The van der Waals surface area contributed by atoms with E-state index < -0.39 is 10.0 Å². The summed E-state index contributed by atoms with van der Waals surface area (Å²) in [5.74, 6) is 0.873. The molecule has 2 saturated heterocycles. The number of methoxy groups -OCH3 is 1. The third-order valence-corrected chi connectivity index (χ3v) is 7.70. The molecule has 0 aliphatic carbocycles. The van der Waals surface area contributed by atoms with Crippen molar-refractivity contribution in [2.45, 2.75) is 30.8 Å². The monoisotopic (exact) mass is 404 g/mol. The molecule has 0 N–H and O–H groups in total. The molecule has 1 aromatic carbocycles. The van der Waals surface area contributed by atoms with Crippen LogP contribution in [0.15, 0.2) is 41.8 Å². The van der Waals surface area contributed by atoms with Gasteiger partial charge in [-0.2, -0.15) is 4.31 Å². The molecule has 2 aliphatic rings. The first kappa shape index (κ1) is 19.4. The van der Waals surface area contributed by atoms with Gasteiger partial charge in [0.2, 0.25) is 0 Å². The maximum Gasteiger partial charge on any atom is 0.262 e. The summed E-state index contributed by atoms with van der Waals surface area (Å²) in [6.07, 6.45) is 6.20. The summed E-state index contributed by atoms with van der Waals surface area (Å²) in [7, 11) is -0.0408. The van der Waals surface area contributed by atoms with Crippen LogP contribution >= 0.6 is 0 Å². The molecule has 0 bridgehead atoms. The molecule has 0 amide bonds. The molecule has 4 rings (SSSR count). The second-order valence-corrected chi connectivity index (χ2v) is 10.0. The first-order chi connectivity index (χ1) is 13.4. The van der Waals surface area contributed by atoms with E-state index in [-0.39, 0.29) is 10.4 Å².